The van der Waals surface area contributed by atoms with Crippen LogP contribution in [0.25, 0.3) is 11.4 Å². The van der Waals surface area contributed by atoms with E-state index in [1.165, 1.54) is 0 Å². The normalized spacial score (nSPS) is 19.4. The van der Waals surface area contributed by atoms with E-state index < -0.39 is 0 Å². The highest BCUT2D eigenvalue weighted by atomic mass is 35.5. The minimum atomic E-state index is 0.452. The van der Waals surface area contributed by atoms with Gasteiger partial charge in [0.15, 0.2) is 5.82 Å². The van der Waals surface area contributed by atoms with E-state index in [2.05, 4.69) is 32.3 Å². The number of aromatic amines is 1. The molecule has 20 heavy (non-hydrogen) atoms. The third-order valence-electron chi connectivity index (χ3n) is 3.50. The summed E-state index contributed by atoms with van der Waals surface area (Å²) in [5.41, 5.74) is 2.02. The first-order valence-corrected chi connectivity index (χ1v) is 7.18. The summed E-state index contributed by atoms with van der Waals surface area (Å²) in [6.07, 6.45) is 0. The lowest BCUT2D eigenvalue weighted by atomic mass is 10.1. The number of nitrogens with zero attached hydrogens (tertiary/aromatic N) is 3. The van der Waals surface area contributed by atoms with Crippen LogP contribution < -0.4 is 10.2 Å². The van der Waals surface area contributed by atoms with E-state index in [0.29, 0.717) is 11.1 Å². The summed E-state index contributed by atoms with van der Waals surface area (Å²) in [5, 5.41) is 11.4. The van der Waals surface area contributed by atoms with Crippen LogP contribution in [-0.2, 0) is 0 Å². The van der Waals surface area contributed by atoms with Crippen LogP contribution in [0, 0.1) is 6.92 Å². The zero-order valence-electron chi connectivity index (χ0n) is 11.7. The molecule has 1 fully saturated rings. The van der Waals surface area contributed by atoms with E-state index >= 15 is 0 Å². The summed E-state index contributed by atoms with van der Waals surface area (Å²) in [7, 11) is 0. The molecule has 1 atom stereocenters. The maximum absolute atomic E-state index is 6.27. The maximum atomic E-state index is 6.27. The first kappa shape index (κ1) is 13.4. The predicted octanol–water partition coefficient (Wildman–Crippen LogP) is 2.23. The predicted molar refractivity (Wildman–Crippen MR) is 81.2 cm³/mol. The number of H-pyrrole nitrogens is 1. The molecule has 2 aromatic rings. The van der Waals surface area contributed by atoms with E-state index in [1.807, 2.05) is 25.1 Å². The summed E-state index contributed by atoms with van der Waals surface area (Å²) < 4.78 is 0. The number of benzene rings is 1. The number of hydrogen-bond acceptors (Lipinski definition) is 4. The summed E-state index contributed by atoms with van der Waals surface area (Å²) in [5.74, 6) is 1.46. The van der Waals surface area contributed by atoms with Crippen LogP contribution in [0.5, 0.6) is 0 Å². The number of rotatable bonds is 2. The zero-order chi connectivity index (χ0) is 14.1. The van der Waals surface area contributed by atoms with Crippen LogP contribution in [0.3, 0.4) is 0 Å². The lowest BCUT2D eigenvalue weighted by Crippen LogP contribution is -2.49. The number of hydrogen-bond donors (Lipinski definition) is 2. The van der Waals surface area contributed by atoms with Crippen molar-refractivity contribution < 1.29 is 0 Å². The largest absolute Gasteiger partial charge is 0.337 e. The van der Waals surface area contributed by atoms with Gasteiger partial charge < -0.3 is 10.2 Å². The molecule has 0 amide bonds. The molecule has 0 radical (unpaired) electrons. The van der Waals surface area contributed by atoms with Gasteiger partial charge >= 0.3 is 0 Å². The molecule has 1 aromatic carbocycles. The number of piperazine rings is 1. The first-order chi connectivity index (χ1) is 9.63. The average Bonchev–Trinajstić information content (AvgIpc) is 2.88. The third-order valence-corrected chi connectivity index (χ3v) is 3.82. The summed E-state index contributed by atoms with van der Waals surface area (Å²) in [6.45, 7) is 6.97. The van der Waals surface area contributed by atoms with Gasteiger partial charge in [0.25, 0.3) is 0 Å². The molecule has 0 bridgehead atoms. The van der Waals surface area contributed by atoms with Crippen LogP contribution in [-0.4, -0.2) is 40.9 Å². The van der Waals surface area contributed by atoms with E-state index in [0.717, 1.165) is 42.5 Å². The van der Waals surface area contributed by atoms with E-state index in [9.17, 15) is 0 Å². The molecule has 5 nitrogen and oxygen atoms in total. The highest BCUT2D eigenvalue weighted by molar-refractivity contribution is 6.33. The second-order valence-electron chi connectivity index (χ2n) is 5.27. The number of anilines is 1. The number of aryl methyl sites for hydroxylation is 1. The molecule has 106 valence electrons. The van der Waals surface area contributed by atoms with Crippen molar-refractivity contribution in [3.05, 3.63) is 28.8 Å². The minimum absolute atomic E-state index is 0.452. The van der Waals surface area contributed by atoms with E-state index in [1.54, 1.807) is 0 Å². The fraction of sp³-hybridized carbons (Fsp3) is 0.429. The van der Waals surface area contributed by atoms with Crippen molar-refractivity contribution in [1.29, 1.82) is 0 Å². The van der Waals surface area contributed by atoms with Crippen LogP contribution in [0.4, 0.5) is 5.95 Å². The Balaban J connectivity index is 1.86. The molecular weight excluding hydrogens is 274 g/mol. The standard InChI is InChI=1S/C14H18ClN5/c1-9-3-4-11(12(15)7-9)13-17-14(19-18-13)20-6-5-16-10(2)8-20/h3-4,7,10,16H,5-6,8H2,1-2H3,(H,17,18,19)/t10-/m0/s1. The van der Waals surface area contributed by atoms with Crippen molar-refractivity contribution in [3.8, 4) is 11.4 Å². The van der Waals surface area contributed by atoms with Crippen LogP contribution >= 0.6 is 11.6 Å². The molecule has 1 aliphatic heterocycles. The van der Waals surface area contributed by atoms with Gasteiger partial charge in [0.05, 0.1) is 5.02 Å². The molecule has 0 aliphatic carbocycles. The molecule has 1 saturated heterocycles. The number of halogens is 1. The zero-order valence-corrected chi connectivity index (χ0v) is 12.4. The summed E-state index contributed by atoms with van der Waals surface area (Å²) in [6, 6.07) is 6.39. The Bertz CT molecular complexity index is 609. The van der Waals surface area contributed by atoms with E-state index in [-0.39, 0.29) is 0 Å². The minimum Gasteiger partial charge on any atom is -0.337 e. The van der Waals surface area contributed by atoms with Crippen molar-refractivity contribution in [2.24, 2.45) is 0 Å². The summed E-state index contributed by atoms with van der Waals surface area (Å²) in [4.78, 5) is 6.76. The maximum Gasteiger partial charge on any atom is 0.245 e. The highest BCUT2D eigenvalue weighted by Gasteiger charge is 2.20. The fourth-order valence-electron chi connectivity index (χ4n) is 2.44. The second-order valence-corrected chi connectivity index (χ2v) is 5.68. The quantitative estimate of drug-likeness (QED) is 0.891. The summed E-state index contributed by atoms with van der Waals surface area (Å²) >= 11 is 6.27. The van der Waals surface area contributed by atoms with Gasteiger partial charge in [-0.05, 0) is 31.5 Å². The van der Waals surface area contributed by atoms with Gasteiger partial charge in [0.2, 0.25) is 5.95 Å². The number of aromatic nitrogens is 3. The van der Waals surface area contributed by atoms with Gasteiger partial charge in [0.1, 0.15) is 0 Å². The van der Waals surface area contributed by atoms with Crippen LogP contribution in [0.15, 0.2) is 18.2 Å². The van der Waals surface area contributed by atoms with Gasteiger partial charge in [-0.15, -0.1) is 5.10 Å². The van der Waals surface area contributed by atoms with Crippen LogP contribution in [0.2, 0.25) is 5.02 Å². The van der Waals surface area contributed by atoms with Gasteiger partial charge in [0, 0.05) is 31.2 Å². The Morgan fingerprint density at radius 3 is 3.00 bits per heavy atom. The monoisotopic (exact) mass is 291 g/mol. The van der Waals surface area contributed by atoms with Crippen molar-refractivity contribution in [3.63, 3.8) is 0 Å². The Morgan fingerprint density at radius 2 is 2.25 bits per heavy atom. The van der Waals surface area contributed by atoms with Gasteiger partial charge in [-0.3, -0.25) is 5.10 Å². The number of nitrogens with one attached hydrogen (secondary N) is 2. The molecule has 6 heteroatoms. The van der Waals surface area contributed by atoms with Crippen molar-refractivity contribution in [2.75, 3.05) is 24.5 Å². The third kappa shape index (κ3) is 2.64. The Kier molecular flexibility index (Phi) is 3.63. The SMILES string of the molecule is Cc1ccc(-c2nc(N3CCN[C@@H](C)C3)n[nH]2)c(Cl)c1. The van der Waals surface area contributed by atoms with Crippen molar-refractivity contribution >= 4 is 17.5 Å². The Morgan fingerprint density at radius 1 is 1.40 bits per heavy atom. The second kappa shape index (κ2) is 5.42. The van der Waals surface area contributed by atoms with E-state index in [4.69, 9.17) is 11.6 Å². The fourth-order valence-corrected chi connectivity index (χ4v) is 2.77. The molecule has 0 saturated carbocycles. The molecule has 2 heterocycles. The Labute approximate surface area is 123 Å². The van der Waals surface area contributed by atoms with Crippen LogP contribution in [0.1, 0.15) is 12.5 Å². The lowest BCUT2D eigenvalue weighted by molar-refractivity contribution is 0.480. The topological polar surface area (TPSA) is 56.8 Å². The first-order valence-electron chi connectivity index (χ1n) is 6.81. The Hall–Kier alpha value is -1.59. The molecule has 0 spiro atoms. The molecule has 1 aromatic heterocycles. The molecule has 2 N–H and O–H groups in total. The average molecular weight is 292 g/mol. The smallest absolute Gasteiger partial charge is 0.245 e. The van der Waals surface area contributed by atoms with Gasteiger partial charge in [-0.2, -0.15) is 4.98 Å². The van der Waals surface area contributed by atoms with Gasteiger partial charge in [-0.25, -0.2) is 0 Å². The molecule has 0 unspecified atom stereocenters. The van der Waals surface area contributed by atoms with Crippen molar-refractivity contribution in [2.45, 2.75) is 19.9 Å². The molecular formula is C14H18ClN5. The lowest BCUT2D eigenvalue weighted by Gasteiger charge is -2.30. The van der Waals surface area contributed by atoms with Crippen molar-refractivity contribution in [1.82, 2.24) is 20.5 Å². The molecule has 1 aliphatic rings. The van der Waals surface area contributed by atoms with Gasteiger partial charge in [-0.1, -0.05) is 17.7 Å². The highest BCUT2D eigenvalue weighted by Crippen LogP contribution is 2.27. The molecule has 3 rings (SSSR count).